The molecular formula is C27H42O6. The van der Waals surface area contributed by atoms with E-state index in [0.29, 0.717) is 23.7 Å². The zero-order valence-electron chi connectivity index (χ0n) is 21.2. The van der Waals surface area contributed by atoms with Crippen molar-refractivity contribution in [3.8, 4) is 0 Å². The van der Waals surface area contributed by atoms with Gasteiger partial charge in [0.1, 0.15) is 18.3 Å². The topological polar surface area (TPSA) is 78.9 Å². The van der Waals surface area contributed by atoms with Crippen molar-refractivity contribution < 1.29 is 28.6 Å². The molecule has 0 unspecified atom stereocenters. The SMILES string of the molecule is CC(=O)O[C@@H]1CC[C@]2(C)[C@H](CC[C@H]3[C@@H]2[C@H](OC(C)=O)C[C@@]2(C)[C@@H]([C@H](C)OC(C)=O)CC[C@@H]32)C1. The molecule has 10 atom stereocenters. The van der Waals surface area contributed by atoms with Crippen molar-refractivity contribution in [3.63, 3.8) is 0 Å². The van der Waals surface area contributed by atoms with E-state index in [1.807, 2.05) is 6.92 Å². The molecular weight excluding hydrogens is 420 g/mol. The van der Waals surface area contributed by atoms with Gasteiger partial charge in [-0.05, 0) is 86.9 Å². The summed E-state index contributed by atoms with van der Waals surface area (Å²) < 4.78 is 17.4. The van der Waals surface area contributed by atoms with Crippen LogP contribution in [0.4, 0.5) is 0 Å². The Morgan fingerprint density at radius 3 is 2.18 bits per heavy atom. The van der Waals surface area contributed by atoms with Crippen LogP contribution in [-0.4, -0.2) is 36.2 Å². The molecule has 0 saturated heterocycles. The maximum Gasteiger partial charge on any atom is 0.302 e. The van der Waals surface area contributed by atoms with Gasteiger partial charge in [0.05, 0.1) is 0 Å². The average molecular weight is 463 g/mol. The summed E-state index contributed by atoms with van der Waals surface area (Å²) in [7, 11) is 0. The van der Waals surface area contributed by atoms with Gasteiger partial charge in [0, 0.05) is 32.6 Å². The van der Waals surface area contributed by atoms with Crippen molar-refractivity contribution in [3.05, 3.63) is 0 Å². The molecule has 4 aliphatic carbocycles. The molecule has 186 valence electrons. The third-order valence-electron chi connectivity index (χ3n) is 10.2. The molecule has 6 nitrogen and oxygen atoms in total. The smallest absolute Gasteiger partial charge is 0.302 e. The van der Waals surface area contributed by atoms with E-state index >= 15 is 0 Å². The highest BCUT2D eigenvalue weighted by atomic mass is 16.6. The fraction of sp³-hybridized carbons (Fsp3) is 0.889. The Balaban J connectivity index is 1.63. The Labute approximate surface area is 198 Å². The summed E-state index contributed by atoms with van der Waals surface area (Å²) in [5.74, 6) is 1.55. The minimum absolute atomic E-state index is 0.00566. The van der Waals surface area contributed by atoms with E-state index in [2.05, 4.69) is 13.8 Å². The molecule has 4 aliphatic rings. The number of carbonyl (C=O) groups excluding carboxylic acids is 3. The van der Waals surface area contributed by atoms with Crippen LogP contribution in [0.1, 0.15) is 92.9 Å². The lowest BCUT2D eigenvalue weighted by Gasteiger charge is -2.63. The molecule has 4 rings (SSSR count). The molecule has 0 N–H and O–H groups in total. The molecule has 0 aliphatic heterocycles. The lowest BCUT2D eigenvalue weighted by atomic mass is 9.43. The van der Waals surface area contributed by atoms with Crippen molar-refractivity contribution in [1.29, 1.82) is 0 Å². The summed E-state index contributed by atoms with van der Waals surface area (Å²) in [5, 5.41) is 0. The van der Waals surface area contributed by atoms with Crippen molar-refractivity contribution in [2.24, 2.45) is 40.4 Å². The van der Waals surface area contributed by atoms with Crippen molar-refractivity contribution in [2.45, 2.75) is 111 Å². The first-order valence-corrected chi connectivity index (χ1v) is 13.0. The van der Waals surface area contributed by atoms with Crippen LogP contribution >= 0.6 is 0 Å². The quantitative estimate of drug-likeness (QED) is 0.429. The third kappa shape index (κ3) is 4.32. The standard InChI is InChI=1S/C27H42O6/c1-15(31-16(2)28)22-9-10-23-21-8-7-19-13-20(32-17(3)29)11-12-26(19,5)25(21)24(33-18(4)30)14-27(22,23)6/h15,19-25H,7-14H2,1-6H3/t15-,19+,20+,21+,22+,23-,24+,25+,26+,27-/m0/s1. The highest BCUT2D eigenvalue weighted by Gasteiger charge is 2.65. The summed E-state index contributed by atoms with van der Waals surface area (Å²) >= 11 is 0. The zero-order chi connectivity index (χ0) is 24.1. The molecule has 0 radical (unpaired) electrons. The van der Waals surface area contributed by atoms with Gasteiger partial charge in [-0.1, -0.05) is 13.8 Å². The van der Waals surface area contributed by atoms with E-state index in [9.17, 15) is 14.4 Å². The molecule has 0 spiro atoms. The highest BCUT2D eigenvalue weighted by Crippen LogP contribution is 2.68. The van der Waals surface area contributed by atoms with Gasteiger partial charge in [0.25, 0.3) is 0 Å². The number of esters is 3. The van der Waals surface area contributed by atoms with E-state index < -0.39 is 0 Å². The summed E-state index contributed by atoms with van der Waals surface area (Å²) in [6.45, 7) is 11.3. The normalized spacial score (nSPS) is 45.1. The maximum atomic E-state index is 12.2. The maximum absolute atomic E-state index is 12.2. The van der Waals surface area contributed by atoms with E-state index in [-0.39, 0.29) is 53.0 Å². The van der Waals surface area contributed by atoms with E-state index in [0.717, 1.165) is 51.4 Å². The molecule has 0 aromatic carbocycles. The van der Waals surface area contributed by atoms with Crippen LogP contribution in [-0.2, 0) is 28.6 Å². The van der Waals surface area contributed by atoms with Crippen molar-refractivity contribution in [2.75, 3.05) is 0 Å². The highest BCUT2D eigenvalue weighted by molar-refractivity contribution is 5.67. The predicted octanol–water partition coefficient (Wildman–Crippen LogP) is 5.07. The predicted molar refractivity (Wildman–Crippen MR) is 123 cm³/mol. The molecule has 4 fully saturated rings. The van der Waals surface area contributed by atoms with Crippen LogP contribution in [0, 0.1) is 40.4 Å². The van der Waals surface area contributed by atoms with Gasteiger partial charge in [0.15, 0.2) is 0 Å². The molecule has 0 bridgehead atoms. The minimum atomic E-state index is -0.225. The first kappa shape index (κ1) is 24.5. The summed E-state index contributed by atoms with van der Waals surface area (Å²) in [6, 6.07) is 0. The lowest BCUT2D eigenvalue weighted by molar-refractivity contribution is -0.203. The van der Waals surface area contributed by atoms with Gasteiger partial charge in [-0.15, -0.1) is 0 Å². The van der Waals surface area contributed by atoms with Gasteiger partial charge in [-0.25, -0.2) is 0 Å². The monoisotopic (exact) mass is 462 g/mol. The van der Waals surface area contributed by atoms with Crippen LogP contribution in [0.25, 0.3) is 0 Å². The minimum Gasteiger partial charge on any atom is -0.463 e. The number of ether oxygens (including phenoxy) is 3. The molecule has 0 amide bonds. The van der Waals surface area contributed by atoms with Crippen LogP contribution in [0.2, 0.25) is 0 Å². The fourth-order valence-corrected chi connectivity index (χ4v) is 9.13. The van der Waals surface area contributed by atoms with E-state index in [4.69, 9.17) is 14.2 Å². The summed E-state index contributed by atoms with van der Waals surface area (Å²) in [6.07, 6.45) is 7.89. The van der Waals surface area contributed by atoms with Crippen LogP contribution < -0.4 is 0 Å². The van der Waals surface area contributed by atoms with Crippen LogP contribution in [0.3, 0.4) is 0 Å². The Hall–Kier alpha value is -1.59. The largest absolute Gasteiger partial charge is 0.463 e. The Morgan fingerprint density at radius 1 is 0.848 bits per heavy atom. The van der Waals surface area contributed by atoms with Gasteiger partial charge < -0.3 is 14.2 Å². The number of fused-ring (bicyclic) bond motifs is 5. The number of hydrogen-bond donors (Lipinski definition) is 0. The first-order chi connectivity index (χ1) is 15.5. The first-order valence-electron chi connectivity index (χ1n) is 13.0. The molecule has 0 aromatic rings. The van der Waals surface area contributed by atoms with Crippen molar-refractivity contribution >= 4 is 17.9 Å². The zero-order valence-corrected chi connectivity index (χ0v) is 21.2. The molecule has 0 aromatic heterocycles. The molecule has 4 saturated carbocycles. The number of rotatable bonds is 4. The van der Waals surface area contributed by atoms with Gasteiger partial charge in [0.2, 0.25) is 0 Å². The molecule has 33 heavy (non-hydrogen) atoms. The summed E-state index contributed by atoms with van der Waals surface area (Å²) in [5.41, 5.74) is 0.0783. The average Bonchev–Trinajstić information content (AvgIpc) is 3.03. The Kier molecular flexibility index (Phi) is 6.60. The number of carbonyl (C=O) groups is 3. The Morgan fingerprint density at radius 2 is 1.55 bits per heavy atom. The molecule has 6 heteroatoms. The number of hydrogen-bond acceptors (Lipinski definition) is 6. The second-order valence-corrected chi connectivity index (χ2v) is 11.9. The van der Waals surface area contributed by atoms with E-state index in [1.54, 1.807) is 0 Å². The fourth-order valence-electron chi connectivity index (χ4n) is 9.13. The summed E-state index contributed by atoms with van der Waals surface area (Å²) in [4.78, 5) is 35.5. The molecule has 0 heterocycles. The second-order valence-electron chi connectivity index (χ2n) is 11.9. The lowest BCUT2D eigenvalue weighted by Crippen LogP contribution is -2.60. The van der Waals surface area contributed by atoms with E-state index in [1.165, 1.54) is 20.8 Å². The van der Waals surface area contributed by atoms with Crippen LogP contribution in [0.5, 0.6) is 0 Å². The Bertz CT molecular complexity index is 793. The second kappa shape index (κ2) is 8.88. The van der Waals surface area contributed by atoms with Crippen molar-refractivity contribution in [1.82, 2.24) is 0 Å². The third-order valence-corrected chi connectivity index (χ3v) is 10.2. The van der Waals surface area contributed by atoms with Gasteiger partial charge >= 0.3 is 17.9 Å². The van der Waals surface area contributed by atoms with Gasteiger partial charge in [-0.3, -0.25) is 14.4 Å². The van der Waals surface area contributed by atoms with Gasteiger partial charge in [-0.2, -0.15) is 0 Å². The van der Waals surface area contributed by atoms with Crippen LogP contribution in [0.15, 0.2) is 0 Å².